The van der Waals surface area contributed by atoms with Gasteiger partial charge in [0.25, 0.3) is 0 Å². The van der Waals surface area contributed by atoms with E-state index in [0.717, 1.165) is 38.0 Å². The lowest BCUT2D eigenvalue weighted by molar-refractivity contribution is 0.371. The Morgan fingerprint density at radius 1 is 1.32 bits per heavy atom. The molecule has 0 radical (unpaired) electrons. The van der Waals surface area contributed by atoms with Gasteiger partial charge in [0.2, 0.25) is 5.89 Å². The Kier molecular flexibility index (Phi) is 5.09. The molecule has 6 heteroatoms. The molecule has 1 N–H and O–H groups in total. The van der Waals surface area contributed by atoms with Gasteiger partial charge in [-0.1, -0.05) is 19.0 Å². The molecule has 0 spiro atoms. The number of hydrogen-bond donors (Lipinski definition) is 1. The molecule has 0 atom stereocenters. The molecule has 2 aromatic rings. The van der Waals surface area contributed by atoms with E-state index in [4.69, 9.17) is 4.52 Å². The van der Waals surface area contributed by atoms with Gasteiger partial charge < -0.3 is 14.4 Å². The Morgan fingerprint density at radius 3 is 3.00 bits per heavy atom. The summed E-state index contributed by atoms with van der Waals surface area (Å²) in [7, 11) is 0. The van der Waals surface area contributed by atoms with Crippen molar-refractivity contribution in [3.63, 3.8) is 0 Å². The van der Waals surface area contributed by atoms with Crippen molar-refractivity contribution in [2.45, 2.75) is 46.2 Å². The second-order valence-electron chi connectivity index (χ2n) is 4.57. The van der Waals surface area contributed by atoms with E-state index in [1.54, 1.807) is 6.33 Å². The number of imidazole rings is 1. The zero-order valence-corrected chi connectivity index (χ0v) is 11.6. The molecule has 2 heterocycles. The third-order valence-corrected chi connectivity index (χ3v) is 2.72. The molecule has 6 nitrogen and oxygen atoms in total. The highest BCUT2D eigenvalue weighted by atomic mass is 16.5. The molecule has 0 amide bonds. The summed E-state index contributed by atoms with van der Waals surface area (Å²) in [4.78, 5) is 8.68. The molecular weight excluding hydrogens is 242 g/mol. The van der Waals surface area contributed by atoms with Crippen LogP contribution < -0.4 is 5.32 Å². The van der Waals surface area contributed by atoms with Gasteiger partial charge >= 0.3 is 0 Å². The minimum Gasteiger partial charge on any atom is -0.339 e. The third-order valence-electron chi connectivity index (χ3n) is 2.72. The Balaban J connectivity index is 1.87. The predicted octanol–water partition coefficient (Wildman–Crippen LogP) is 1.77. The normalized spacial score (nSPS) is 11.1. The summed E-state index contributed by atoms with van der Waals surface area (Å²) in [5, 5.41) is 7.29. The van der Waals surface area contributed by atoms with Gasteiger partial charge in [-0.3, -0.25) is 0 Å². The summed E-state index contributed by atoms with van der Waals surface area (Å²) >= 11 is 0. The number of aryl methyl sites for hydroxylation is 1. The maximum absolute atomic E-state index is 5.16. The largest absolute Gasteiger partial charge is 0.339 e. The number of aromatic nitrogens is 4. The Morgan fingerprint density at radius 2 is 2.21 bits per heavy atom. The highest BCUT2D eigenvalue weighted by Crippen LogP contribution is 2.04. The zero-order valence-electron chi connectivity index (χ0n) is 11.6. The molecule has 0 saturated heterocycles. The number of nitrogens with one attached hydrogen (secondary N) is 1. The second-order valence-corrected chi connectivity index (χ2v) is 4.57. The van der Waals surface area contributed by atoms with Gasteiger partial charge in [-0.25, -0.2) is 4.98 Å². The van der Waals surface area contributed by atoms with Gasteiger partial charge in [0.1, 0.15) is 0 Å². The number of nitrogens with zero attached hydrogens (tertiary/aromatic N) is 4. The lowest BCUT2D eigenvalue weighted by atomic mass is 10.3. The van der Waals surface area contributed by atoms with Crippen LogP contribution in [0.5, 0.6) is 0 Å². The first-order valence-electron chi connectivity index (χ1n) is 6.84. The van der Waals surface area contributed by atoms with E-state index in [1.165, 1.54) is 0 Å². The first kappa shape index (κ1) is 13.7. The zero-order chi connectivity index (χ0) is 13.5. The first-order chi connectivity index (χ1) is 9.31. The molecule has 2 aromatic heterocycles. The molecule has 0 unspecified atom stereocenters. The van der Waals surface area contributed by atoms with Gasteiger partial charge in [0, 0.05) is 19.2 Å². The molecule has 0 aromatic carbocycles. The monoisotopic (exact) mass is 263 g/mol. The number of hydrogen-bond acceptors (Lipinski definition) is 5. The maximum atomic E-state index is 5.16. The van der Waals surface area contributed by atoms with E-state index in [9.17, 15) is 0 Å². The molecular formula is C13H21N5O. The standard InChI is InChI=1S/C13H21N5O/c1-3-5-13-16-12(17-19-13)9-18-8-11(15-10-18)7-14-6-4-2/h8,10,14H,3-7,9H2,1-2H3. The average molecular weight is 263 g/mol. The van der Waals surface area contributed by atoms with Gasteiger partial charge in [-0.2, -0.15) is 4.98 Å². The Hall–Kier alpha value is -1.69. The van der Waals surface area contributed by atoms with Crippen molar-refractivity contribution in [1.29, 1.82) is 0 Å². The van der Waals surface area contributed by atoms with Crippen molar-refractivity contribution in [3.05, 3.63) is 29.9 Å². The van der Waals surface area contributed by atoms with Gasteiger partial charge in [-0.15, -0.1) is 0 Å². The number of rotatable bonds is 8. The van der Waals surface area contributed by atoms with Crippen LogP contribution in [0, 0.1) is 0 Å². The van der Waals surface area contributed by atoms with Crippen LogP contribution in [0.2, 0.25) is 0 Å². The van der Waals surface area contributed by atoms with E-state index in [-0.39, 0.29) is 0 Å². The van der Waals surface area contributed by atoms with Crippen LogP contribution in [0.4, 0.5) is 0 Å². The van der Waals surface area contributed by atoms with Crippen molar-refractivity contribution < 1.29 is 4.52 Å². The van der Waals surface area contributed by atoms with Gasteiger partial charge in [0.05, 0.1) is 18.6 Å². The molecule has 0 bridgehead atoms. The summed E-state index contributed by atoms with van der Waals surface area (Å²) in [6.45, 7) is 6.66. The minimum absolute atomic E-state index is 0.605. The molecule has 0 aliphatic rings. The quantitative estimate of drug-likeness (QED) is 0.735. The predicted molar refractivity (Wildman–Crippen MR) is 71.6 cm³/mol. The summed E-state index contributed by atoms with van der Waals surface area (Å²) < 4.78 is 7.13. The van der Waals surface area contributed by atoms with Crippen LogP contribution in [0.3, 0.4) is 0 Å². The van der Waals surface area contributed by atoms with E-state index >= 15 is 0 Å². The molecule has 0 fully saturated rings. The minimum atomic E-state index is 0.605. The summed E-state index contributed by atoms with van der Waals surface area (Å²) in [5.74, 6) is 1.41. The fraction of sp³-hybridized carbons (Fsp3) is 0.615. The maximum Gasteiger partial charge on any atom is 0.226 e. The Bertz CT molecular complexity index is 491. The van der Waals surface area contributed by atoms with Crippen LogP contribution in [0.15, 0.2) is 17.0 Å². The lowest BCUT2D eigenvalue weighted by Crippen LogP contribution is -2.13. The van der Waals surface area contributed by atoms with Gasteiger partial charge in [0.15, 0.2) is 5.82 Å². The molecule has 0 saturated carbocycles. The molecule has 0 aliphatic heterocycles. The molecule has 2 rings (SSSR count). The topological polar surface area (TPSA) is 68.8 Å². The van der Waals surface area contributed by atoms with Gasteiger partial charge in [-0.05, 0) is 19.4 Å². The van der Waals surface area contributed by atoms with E-state index in [2.05, 4.69) is 34.3 Å². The van der Waals surface area contributed by atoms with Crippen LogP contribution >= 0.6 is 0 Å². The lowest BCUT2D eigenvalue weighted by Gasteiger charge is -1.98. The summed E-state index contributed by atoms with van der Waals surface area (Å²) in [5.41, 5.74) is 1.03. The fourth-order valence-corrected chi connectivity index (χ4v) is 1.81. The van der Waals surface area contributed by atoms with Crippen molar-refractivity contribution in [3.8, 4) is 0 Å². The highest BCUT2D eigenvalue weighted by molar-refractivity contribution is 4.98. The second kappa shape index (κ2) is 7.04. The summed E-state index contributed by atoms with van der Waals surface area (Å²) in [6.07, 6.45) is 6.80. The Labute approximate surface area is 113 Å². The average Bonchev–Trinajstić information content (AvgIpc) is 3.01. The van der Waals surface area contributed by atoms with Crippen molar-refractivity contribution in [2.24, 2.45) is 0 Å². The smallest absolute Gasteiger partial charge is 0.226 e. The van der Waals surface area contributed by atoms with Crippen LogP contribution in [0.1, 0.15) is 44.1 Å². The van der Waals surface area contributed by atoms with Crippen LogP contribution in [-0.4, -0.2) is 26.2 Å². The summed E-state index contributed by atoms with van der Waals surface area (Å²) in [6, 6.07) is 0. The third kappa shape index (κ3) is 4.17. The van der Waals surface area contributed by atoms with Crippen molar-refractivity contribution in [1.82, 2.24) is 25.0 Å². The van der Waals surface area contributed by atoms with Crippen molar-refractivity contribution in [2.75, 3.05) is 6.54 Å². The van der Waals surface area contributed by atoms with Crippen LogP contribution in [0.25, 0.3) is 0 Å². The molecule has 104 valence electrons. The van der Waals surface area contributed by atoms with Crippen LogP contribution in [-0.2, 0) is 19.5 Å². The van der Waals surface area contributed by atoms with E-state index in [1.807, 2.05) is 10.8 Å². The fourth-order valence-electron chi connectivity index (χ4n) is 1.81. The molecule has 19 heavy (non-hydrogen) atoms. The van der Waals surface area contributed by atoms with Crippen molar-refractivity contribution >= 4 is 0 Å². The van der Waals surface area contributed by atoms with E-state index in [0.29, 0.717) is 18.3 Å². The first-order valence-corrected chi connectivity index (χ1v) is 6.84. The van der Waals surface area contributed by atoms with E-state index < -0.39 is 0 Å². The highest BCUT2D eigenvalue weighted by Gasteiger charge is 2.06. The molecule has 0 aliphatic carbocycles. The SMILES string of the molecule is CCCNCc1cn(Cc2noc(CCC)n2)cn1.